The number of hydrogen-bond acceptors (Lipinski definition) is 1. The molecule has 0 bridgehead atoms. The smallest absolute Gasteiger partial charge is 0.383 e. The van der Waals surface area contributed by atoms with E-state index in [1.54, 1.807) is 30.3 Å². The van der Waals surface area contributed by atoms with E-state index in [4.69, 9.17) is 5.11 Å². The van der Waals surface area contributed by atoms with Crippen molar-refractivity contribution >= 4 is 0 Å². The van der Waals surface area contributed by atoms with Crippen LogP contribution in [0.5, 0.6) is 0 Å². The summed E-state index contributed by atoms with van der Waals surface area (Å²) in [5, 5.41) is 8.99. The summed E-state index contributed by atoms with van der Waals surface area (Å²) in [5.41, 5.74) is 0.799. The maximum Gasteiger partial charge on any atom is 0.414 e. The molecule has 0 aromatic heterocycles. The van der Waals surface area contributed by atoms with Crippen LogP contribution in [0.4, 0.5) is 13.2 Å². The maximum absolute atomic E-state index is 12.2. The number of alkyl halides is 3. The molecule has 0 radical (unpaired) electrons. The Labute approximate surface area is 86.5 Å². The molecule has 0 heterocycles. The van der Waals surface area contributed by atoms with Crippen molar-refractivity contribution < 1.29 is 18.3 Å². The topological polar surface area (TPSA) is 20.2 Å². The molecule has 84 valence electrons. The highest BCUT2D eigenvalue weighted by Crippen LogP contribution is 2.27. The second kappa shape index (κ2) is 4.66. The first kappa shape index (κ1) is 12.0. The zero-order chi connectivity index (χ0) is 11.5. The van der Waals surface area contributed by atoms with Crippen molar-refractivity contribution in [2.75, 3.05) is 0 Å². The molecule has 1 N–H and O–H groups in total. The molecule has 0 unspecified atom stereocenters. The van der Waals surface area contributed by atoms with Gasteiger partial charge in [-0.15, -0.1) is 0 Å². The summed E-state index contributed by atoms with van der Waals surface area (Å²) in [6.45, 7) is 1.39. The molecule has 2 atom stereocenters. The highest BCUT2D eigenvalue weighted by molar-refractivity contribution is 5.15. The number of aliphatic hydroxyl groups excluding tert-OH is 1. The molecule has 1 aromatic carbocycles. The van der Waals surface area contributed by atoms with Gasteiger partial charge in [-0.1, -0.05) is 37.3 Å². The van der Waals surface area contributed by atoms with Gasteiger partial charge in [-0.05, 0) is 17.9 Å². The van der Waals surface area contributed by atoms with Crippen molar-refractivity contribution in [1.29, 1.82) is 0 Å². The van der Waals surface area contributed by atoms with Gasteiger partial charge < -0.3 is 5.11 Å². The molecule has 0 spiro atoms. The zero-order valence-electron chi connectivity index (χ0n) is 8.33. The molecule has 1 rings (SSSR count). The van der Waals surface area contributed by atoms with Gasteiger partial charge in [0.05, 0.1) is 0 Å². The zero-order valence-corrected chi connectivity index (χ0v) is 8.33. The highest BCUT2D eigenvalue weighted by atomic mass is 19.4. The highest BCUT2D eigenvalue weighted by Gasteiger charge is 2.41. The number of hydrogen-bond donors (Lipinski definition) is 1. The largest absolute Gasteiger partial charge is 0.414 e. The van der Waals surface area contributed by atoms with E-state index in [0.717, 1.165) is 5.56 Å². The van der Waals surface area contributed by atoms with Crippen LogP contribution in [0.2, 0.25) is 0 Å². The van der Waals surface area contributed by atoms with Crippen molar-refractivity contribution in [3.8, 4) is 0 Å². The summed E-state index contributed by atoms with van der Waals surface area (Å²) in [6, 6.07) is 8.83. The molecule has 1 nitrogen and oxygen atoms in total. The van der Waals surface area contributed by atoms with Crippen molar-refractivity contribution in [3.63, 3.8) is 0 Å². The van der Waals surface area contributed by atoms with Gasteiger partial charge in [0.15, 0.2) is 6.10 Å². The first-order valence-electron chi connectivity index (χ1n) is 4.70. The average Bonchev–Trinajstić information content (AvgIpc) is 2.16. The molecule has 0 aliphatic heterocycles. The second-order valence-electron chi connectivity index (χ2n) is 3.65. The predicted octanol–water partition coefficient (Wildman–Crippen LogP) is 2.79. The molecule has 0 aliphatic carbocycles. The minimum Gasteiger partial charge on any atom is -0.383 e. The van der Waals surface area contributed by atoms with E-state index >= 15 is 0 Å². The van der Waals surface area contributed by atoms with E-state index in [1.807, 2.05) is 0 Å². The van der Waals surface area contributed by atoms with Gasteiger partial charge in [0, 0.05) is 0 Å². The SMILES string of the molecule is C[C@H](Cc1ccccc1)[C@H](O)C(F)(F)F. The van der Waals surface area contributed by atoms with Gasteiger partial charge in [-0.3, -0.25) is 0 Å². The Morgan fingerprint density at radius 3 is 2.20 bits per heavy atom. The molecule has 1 aromatic rings. The molecule has 0 amide bonds. The average molecular weight is 218 g/mol. The van der Waals surface area contributed by atoms with Crippen LogP contribution in [0.3, 0.4) is 0 Å². The van der Waals surface area contributed by atoms with Crippen LogP contribution < -0.4 is 0 Å². The molecule has 0 saturated carbocycles. The third kappa shape index (κ3) is 3.55. The lowest BCUT2D eigenvalue weighted by atomic mass is 9.95. The molecule has 0 fully saturated rings. The quantitative estimate of drug-likeness (QED) is 0.827. The van der Waals surface area contributed by atoms with Crippen LogP contribution in [0.1, 0.15) is 12.5 Å². The Bertz CT molecular complexity index is 294. The van der Waals surface area contributed by atoms with Crippen LogP contribution in [-0.4, -0.2) is 17.4 Å². The molecular formula is C11H13F3O. The van der Waals surface area contributed by atoms with Gasteiger partial charge in [-0.25, -0.2) is 0 Å². The number of halogens is 3. The number of benzene rings is 1. The summed E-state index contributed by atoms with van der Waals surface area (Å²) >= 11 is 0. The van der Waals surface area contributed by atoms with Crippen LogP contribution >= 0.6 is 0 Å². The van der Waals surface area contributed by atoms with Crippen LogP contribution in [0.15, 0.2) is 30.3 Å². The maximum atomic E-state index is 12.2. The monoisotopic (exact) mass is 218 g/mol. The Hall–Kier alpha value is -1.03. The van der Waals surface area contributed by atoms with E-state index in [0.29, 0.717) is 0 Å². The predicted molar refractivity (Wildman–Crippen MR) is 51.4 cm³/mol. The summed E-state index contributed by atoms with van der Waals surface area (Å²) < 4.78 is 36.5. The van der Waals surface area contributed by atoms with Gasteiger partial charge >= 0.3 is 6.18 Å². The summed E-state index contributed by atoms with van der Waals surface area (Å²) in [4.78, 5) is 0. The Morgan fingerprint density at radius 2 is 1.73 bits per heavy atom. The van der Waals surface area contributed by atoms with Crippen LogP contribution in [0, 0.1) is 5.92 Å². The van der Waals surface area contributed by atoms with E-state index < -0.39 is 18.2 Å². The van der Waals surface area contributed by atoms with Crippen molar-refractivity contribution in [1.82, 2.24) is 0 Å². The Balaban J connectivity index is 2.60. The lowest BCUT2D eigenvalue weighted by molar-refractivity contribution is -0.217. The van der Waals surface area contributed by atoms with Crippen molar-refractivity contribution in [2.45, 2.75) is 25.6 Å². The molecular weight excluding hydrogens is 205 g/mol. The summed E-state index contributed by atoms with van der Waals surface area (Å²) in [6.07, 6.45) is -6.56. The van der Waals surface area contributed by atoms with Crippen LogP contribution in [0.25, 0.3) is 0 Å². The fraction of sp³-hybridized carbons (Fsp3) is 0.455. The van der Waals surface area contributed by atoms with Crippen LogP contribution in [-0.2, 0) is 6.42 Å². The van der Waals surface area contributed by atoms with Crippen molar-refractivity contribution in [3.05, 3.63) is 35.9 Å². The summed E-state index contributed by atoms with van der Waals surface area (Å²) in [5.74, 6) is -0.826. The molecule has 0 saturated heterocycles. The standard InChI is InChI=1S/C11H13F3O/c1-8(10(15)11(12,13)14)7-9-5-3-2-4-6-9/h2-6,8,10,15H,7H2,1H3/t8-,10+/m1/s1. The van der Waals surface area contributed by atoms with Gasteiger partial charge in [0.2, 0.25) is 0 Å². The van der Waals surface area contributed by atoms with Crippen molar-refractivity contribution in [2.24, 2.45) is 5.92 Å². The molecule has 4 heteroatoms. The second-order valence-corrected chi connectivity index (χ2v) is 3.65. The summed E-state index contributed by atoms with van der Waals surface area (Å²) in [7, 11) is 0. The normalized spacial score (nSPS) is 16.1. The third-order valence-corrected chi connectivity index (χ3v) is 2.27. The lowest BCUT2D eigenvalue weighted by Gasteiger charge is -2.21. The van der Waals surface area contributed by atoms with Gasteiger partial charge in [0.25, 0.3) is 0 Å². The fourth-order valence-corrected chi connectivity index (χ4v) is 1.42. The van der Waals surface area contributed by atoms with E-state index in [-0.39, 0.29) is 6.42 Å². The first-order valence-corrected chi connectivity index (χ1v) is 4.70. The van der Waals surface area contributed by atoms with Gasteiger partial charge in [0.1, 0.15) is 0 Å². The Kier molecular flexibility index (Phi) is 3.74. The molecule has 15 heavy (non-hydrogen) atoms. The third-order valence-electron chi connectivity index (χ3n) is 2.27. The van der Waals surface area contributed by atoms with E-state index in [1.165, 1.54) is 6.92 Å². The van der Waals surface area contributed by atoms with E-state index in [9.17, 15) is 13.2 Å². The fourth-order valence-electron chi connectivity index (χ4n) is 1.42. The minimum absolute atomic E-state index is 0.224. The van der Waals surface area contributed by atoms with E-state index in [2.05, 4.69) is 0 Å². The molecule has 0 aliphatic rings. The minimum atomic E-state index is -4.53. The number of aliphatic hydroxyl groups is 1. The van der Waals surface area contributed by atoms with Gasteiger partial charge in [-0.2, -0.15) is 13.2 Å². The number of rotatable bonds is 3. The first-order chi connectivity index (χ1) is 6.91. The lowest BCUT2D eigenvalue weighted by Crippen LogP contribution is -2.35. The Morgan fingerprint density at radius 1 is 1.20 bits per heavy atom.